The number of quaternary nitrogens is 1. The highest BCUT2D eigenvalue weighted by Gasteiger charge is 2.13. The van der Waals surface area contributed by atoms with E-state index in [-0.39, 0.29) is 5.57 Å². The van der Waals surface area contributed by atoms with Crippen molar-refractivity contribution >= 4 is 5.97 Å². The Balaban J connectivity index is 0. The SMILES string of the molecule is C=C(C)C(=O)[O-].CCCCCCCCCCCC[N+](C)(C)CCCCCCCCCCCC. The molecule has 33 heavy (non-hydrogen) atoms. The number of hydrogen-bond acceptors (Lipinski definition) is 2. The van der Waals surface area contributed by atoms with E-state index in [1.165, 1.54) is 153 Å². The number of aliphatic carboxylic acids is 1. The van der Waals surface area contributed by atoms with Gasteiger partial charge < -0.3 is 14.4 Å². The minimum absolute atomic E-state index is 0.0648. The zero-order valence-corrected chi connectivity index (χ0v) is 23.5. The quantitative estimate of drug-likeness (QED) is 0.0862. The highest BCUT2D eigenvalue weighted by molar-refractivity contribution is 5.82. The largest absolute Gasteiger partial charge is 0.545 e. The van der Waals surface area contributed by atoms with Crippen LogP contribution >= 0.6 is 0 Å². The lowest BCUT2D eigenvalue weighted by Crippen LogP contribution is -2.41. The summed E-state index contributed by atoms with van der Waals surface area (Å²) in [7, 11) is 4.89. The molecule has 0 atom stereocenters. The van der Waals surface area contributed by atoms with Gasteiger partial charge in [-0.15, -0.1) is 0 Å². The molecular weight excluding hydrogens is 406 g/mol. The molecule has 0 aliphatic rings. The number of carboxylic acid groups (broad SMARTS) is 1. The number of carboxylic acids is 1. The molecule has 0 rings (SSSR count). The first kappa shape index (κ1) is 34.3. The summed E-state index contributed by atoms with van der Waals surface area (Å²) in [5.41, 5.74) is 0.0648. The van der Waals surface area contributed by atoms with Crippen molar-refractivity contribution < 1.29 is 14.4 Å². The van der Waals surface area contributed by atoms with Crippen LogP contribution in [0.15, 0.2) is 12.2 Å². The van der Waals surface area contributed by atoms with Crippen LogP contribution in [0.1, 0.15) is 149 Å². The van der Waals surface area contributed by atoms with E-state index in [1.54, 1.807) is 0 Å². The minimum atomic E-state index is -1.19. The molecule has 0 heterocycles. The summed E-state index contributed by atoms with van der Waals surface area (Å²) in [4.78, 5) is 9.49. The third-order valence-electron chi connectivity index (χ3n) is 6.58. The molecule has 0 aliphatic carbocycles. The van der Waals surface area contributed by atoms with Crippen LogP contribution in [0.4, 0.5) is 0 Å². The van der Waals surface area contributed by atoms with E-state index >= 15 is 0 Å². The number of carbonyl (C=O) groups is 1. The standard InChI is InChI=1S/C26H56N.C4H6O2/c1-5-7-9-11-13-15-17-19-21-23-25-27(3,4)26-24-22-20-18-16-14-12-10-8-6-2;1-3(2)4(5)6/h5-26H2,1-4H3;1H2,2H3,(H,5,6)/q+1;/p-1. The molecule has 198 valence electrons. The molecule has 0 N–H and O–H groups in total. The predicted octanol–water partition coefficient (Wildman–Crippen LogP) is 8.22. The van der Waals surface area contributed by atoms with E-state index in [1.807, 2.05) is 0 Å². The number of carbonyl (C=O) groups excluding carboxylic acids is 1. The molecular formula is C30H61NO2. The molecule has 3 heteroatoms. The Kier molecular flexibility index (Phi) is 26.8. The van der Waals surface area contributed by atoms with Gasteiger partial charge in [0, 0.05) is 0 Å². The Morgan fingerprint density at radius 3 is 1.00 bits per heavy atom. The summed E-state index contributed by atoms with van der Waals surface area (Å²) < 4.78 is 1.24. The Hall–Kier alpha value is -0.830. The van der Waals surface area contributed by atoms with Gasteiger partial charge in [0.2, 0.25) is 0 Å². The Labute approximate surface area is 209 Å². The summed E-state index contributed by atoms with van der Waals surface area (Å²) in [5, 5.41) is 9.49. The summed E-state index contributed by atoms with van der Waals surface area (Å²) in [6.07, 6.45) is 29.0. The van der Waals surface area contributed by atoms with E-state index in [4.69, 9.17) is 0 Å². The third-order valence-corrected chi connectivity index (χ3v) is 6.58. The van der Waals surface area contributed by atoms with E-state index in [2.05, 4.69) is 34.5 Å². The molecule has 0 radical (unpaired) electrons. The van der Waals surface area contributed by atoms with Gasteiger partial charge in [-0.3, -0.25) is 0 Å². The van der Waals surface area contributed by atoms with Gasteiger partial charge in [0.05, 0.1) is 33.2 Å². The van der Waals surface area contributed by atoms with Gasteiger partial charge >= 0.3 is 0 Å². The van der Waals surface area contributed by atoms with Crippen LogP contribution < -0.4 is 5.11 Å². The average Bonchev–Trinajstić information content (AvgIpc) is 2.76. The van der Waals surface area contributed by atoms with Crippen molar-refractivity contribution in [3.8, 4) is 0 Å². The van der Waals surface area contributed by atoms with E-state index < -0.39 is 5.97 Å². The Morgan fingerprint density at radius 1 is 0.576 bits per heavy atom. The molecule has 0 aliphatic heterocycles. The van der Waals surface area contributed by atoms with Crippen molar-refractivity contribution in [2.45, 2.75) is 149 Å². The zero-order valence-electron chi connectivity index (χ0n) is 23.5. The normalized spacial score (nSPS) is 11.2. The molecule has 0 bridgehead atoms. The number of rotatable bonds is 23. The van der Waals surface area contributed by atoms with Gasteiger partial charge in [-0.25, -0.2) is 0 Å². The highest BCUT2D eigenvalue weighted by Crippen LogP contribution is 2.14. The van der Waals surface area contributed by atoms with Gasteiger partial charge in [0.15, 0.2) is 0 Å². The maximum absolute atomic E-state index is 9.49. The second-order valence-corrected chi connectivity index (χ2v) is 10.8. The molecule has 0 aromatic heterocycles. The van der Waals surface area contributed by atoms with Crippen molar-refractivity contribution in [2.75, 3.05) is 27.2 Å². The van der Waals surface area contributed by atoms with Crippen LogP contribution in [-0.2, 0) is 4.79 Å². The zero-order chi connectivity index (χ0) is 25.2. The summed E-state index contributed by atoms with van der Waals surface area (Å²) in [6, 6.07) is 0. The molecule has 0 unspecified atom stereocenters. The van der Waals surface area contributed by atoms with Crippen LogP contribution in [0, 0.1) is 0 Å². The molecule has 0 aromatic rings. The fraction of sp³-hybridized carbons (Fsp3) is 0.900. The molecule has 0 saturated carbocycles. The third kappa shape index (κ3) is 31.2. The first-order valence-corrected chi connectivity index (χ1v) is 14.5. The van der Waals surface area contributed by atoms with Crippen LogP contribution in [0.2, 0.25) is 0 Å². The molecule has 0 saturated heterocycles. The smallest absolute Gasteiger partial charge is 0.0782 e. The van der Waals surface area contributed by atoms with Crippen LogP contribution in [0.5, 0.6) is 0 Å². The van der Waals surface area contributed by atoms with Gasteiger partial charge in [0.1, 0.15) is 0 Å². The number of hydrogen-bond donors (Lipinski definition) is 0. The maximum atomic E-state index is 9.49. The Morgan fingerprint density at radius 2 is 0.788 bits per heavy atom. The molecule has 3 nitrogen and oxygen atoms in total. The monoisotopic (exact) mass is 467 g/mol. The number of nitrogens with zero attached hydrogens (tertiary/aromatic N) is 1. The van der Waals surface area contributed by atoms with Crippen molar-refractivity contribution in [3.05, 3.63) is 12.2 Å². The topological polar surface area (TPSA) is 40.1 Å². The van der Waals surface area contributed by atoms with Crippen LogP contribution in [-0.4, -0.2) is 37.6 Å². The molecule has 0 aromatic carbocycles. The van der Waals surface area contributed by atoms with Gasteiger partial charge in [0.25, 0.3) is 0 Å². The number of unbranched alkanes of at least 4 members (excludes halogenated alkanes) is 18. The lowest BCUT2D eigenvalue weighted by atomic mass is 10.1. The van der Waals surface area contributed by atoms with Gasteiger partial charge in [-0.2, -0.15) is 0 Å². The van der Waals surface area contributed by atoms with Gasteiger partial charge in [-0.05, 0) is 38.2 Å². The van der Waals surface area contributed by atoms with E-state index in [0.29, 0.717) is 0 Å². The summed E-state index contributed by atoms with van der Waals surface area (Å²) >= 11 is 0. The lowest BCUT2D eigenvalue weighted by Gasteiger charge is -2.30. The molecule has 0 fully saturated rings. The van der Waals surface area contributed by atoms with Gasteiger partial charge in [-0.1, -0.05) is 123 Å². The molecule has 0 amide bonds. The summed E-state index contributed by atoms with van der Waals surface area (Å²) in [5.74, 6) is -1.19. The van der Waals surface area contributed by atoms with Crippen molar-refractivity contribution in [1.29, 1.82) is 0 Å². The molecule has 0 spiro atoms. The highest BCUT2D eigenvalue weighted by atomic mass is 16.4. The predicted molar refractivity (Wildman–Crippen MR) is 145 cm³/mol. The fourth-order valence-corrected chi connectivity index (χ4v) is 4.17. The first-order chi connectivity index (χ1) is 15.8. The van der Waals surface area contributed by atoms with E-state index in [9.17, 15) is 9.90 Å². The fourth-order valence-electron chi connectivity index (χ4n) is 4.17. The second-order valence-electron chi connectivity index (χ2n) is 10.8. The second kappa shape index (κ2) is 25.8. The lowest BCUT2D eigenvalue weighted by molar-refractivity contribution is -0.890. The average molecular weight is 468 g/mol. The first-order valence-electron chi connectivity index (χ1n) is 14.5. The van der Waals surface area contributed by atoms with Crippen LogP contribution in [0.3, 0.4) is 0 Å². The van der Waals surface area contributed by atoms with Crippen molar-refractivity contribution in [2.24, 2.45) is 0 Å². The van der Waals surface area contributed by atoms with E-state index in [0.717, 1.165) is 0 Å². The van der Waals surface area contributed by atoms with Crippen molar-refractivity contribution in [3.63, 3.8) is 0 Å². The Bertz CT molecular complexity index is 393. The van der Waals surface area contributed by atoms with Crippen molar-refractivity contribution in [1.82, 2.24) is 0 Å². The van der Waals surface area contributed by atoms with Crippen LogP contribution in [0.25, 0.3) is 0 Å². The maximum Gasteiger partial charge on any atom is 0.0782 e. The minimum Gasteiger partial charge on any atom is -0.545 e. The summed E-state index contributed by atoms with van der Waals surface area (Å²) in [6.45, 7) is 11.8.